The topological polar surface area (TPSA) is 82.2 Å². The van der Waals surface area contributed by atoms with E-state index in [1.807, 2.05) is 31.2 Å². The first kappa shape index (κ1) is 37.8. The maximum atomic E-state index is 13.7. The standard InChI is InChI=1S/C40H62N4O4S/c1-10-48-37-17-12-11-16-31(37)26-43(33(27-42(8)9)23-39(3,4)5)24-29-14-13-15-30(20-29)25-44-36(18-19-49(44,46)47)38(45)41-35-22-32-21-34(28(35)2)40(32,6)7/h11-17,20,28,32-36H,10,18-19,21-27H2,1-9H3,(H,41,45)/t28-,32-,33-,34+,35-,36?/m0/s1. The Balaban J connectivity index is 1.35. The van der Waals surface area contributed by atoms with E-state index in [2.05, 4.69) is 95.0 Å². The van der Waals surface area contributed by atoms with E-state index >= 15 is 0 Å². The Bertz CT molecular complexity index is 1550. The minimum Gasteiger partial charge on any atom is -0.494 e. The van der Waals surface area contributed by atoms with Gasteiger partial charge in [-0.05, 0) is 92.5 Å². The van der Waals surface area contributed by atoms with Crippen molar-refractivity contribution < 1.29 is 17.9 Å². The largest absolute Gasteiger partial charge is 0.494 e. The van der Waals surface area contributed by atoms with E-state index in [-0.39, 0.29) is 35.7 Å². The molecule has 4 aliphatic rings. The van der Waals surface area contributed by atoms with E-state index in [9.17, 15) is 13.2 Å². The molecule has 2 aromatic rings. The molecule has 49 heavy (non-hydrogen) atoms. The molecule has 8 nitrogen and oxygen atoms in total. The molecule has 6 rings (SSSR count). The van der Waals surface area contributed by atoms with E-state index < -0.39 is 16.1 Å². The van der Waals surface area contributed by atoms with Crippen molar-refractivity contribution >= 4 is 15.9 Å². The van der Waals surface area contributed by atoms with Gasteiger partial charge in [0.1, 0.15) is 11.8 Å². The summed E-state index contributed by atoms with van der Waals surface area (Å²) >= 11 is 0. The van der Waals surface area contributed by atoms with Crippen LogP contribution in [0.5, 0.6) is 5.75 Å². The predicted molar refractivity (Wildman–Crippen MR) is 199 cm³/mol. The number of ether oxygens (including phenoxy) is 1. The molecule has 1 unspecified atom stereocenters. The Morgan fingerprint density at radius 2 is 1.78 bits per heavy atom. The summed E-state index contributed by atoms with van der Waals surface area (Å²) in [5.41, 5.74) is 3.65. The van der Waals surface area contributed by atoms with Crippen LogP contribution in [0.25, 0.3) is 0 Å². The average Bonchev–Trinajstić information content (AvgIpc) is 3.30. The molecular weight excluding hydrogens is 633 g/mol. The van der Waals surface area contributed by atoms with Gasteiger partial charge in [0.15, 0.2) is 0 Å². The number of carbonyl (C=O) groups is 1. The van der Waals surface area contributed by atoms with Gasteiger partial charge in [-0.25, -0.2) is 8.42 Å². The van der Waals surface area contributed by atoms with Crippen LogP contribution in [-0.4, -0.2) is 79.6 Å². The number of para-hydroxylation sites is 1. The number of amides is 1. The molecule has 1 amide bonds. The second-order valence-corrected chi connectivity index (χ2v) is 19.2. The molecule has 1 N–H and O–H groups in total. The lowest BCUT2D eigenvalue weighted by molar-refractivity contribution is -0.136. The molecule has 272 valence electrons. The van der Waals surface area contributed by atoms with Crippen LogP contribution < -0.4 is 10.1 Å². The van der Waals surface area contributed by atoms with Crippen molar-refractivity contribution in [3.05, 3.63) is 65.2 Å². The highest BCUT2D eigenvalue weighted by atomic mass is 32.2. The third kappa shape index (κ3) is 8.89. The van der Waals surface area contributed by atoms with Crippen molar-refractivity contribution in [3.63, 3.8) is 0 Å². The first-order valence-electron chi connectivity index (χ1n) is 18.5. The van der Waals surface area contributed by atoms with Crippen molar-refractivity contribution in [3.8, 4) is 5.75 Å². The van der Waals surface area contributed by atoms with Crippen LogP contribution in [0.2, 0.25) is 0 Å². The molecule has 3 saturated carbocycles. The molecule has 1 saturated heterocycles. The highest BCUT2D eigenvalue weighted by molar-refractivity contribution is 7.89. The van der Waals surface area contributed by atoms with E-state index in [1.54, 1.807) is 0 Å². The van der Waals surface area contributed by atoms with Gasteiger partial charge in [-0.15, -0.1) is 0 Å². The van der Waals surface area contributed by atoms with Gasteiger partial charge in [0.25, 0.3) is 0 Å². The smallest absolute Gasteiger partial charge is 0.238 e. The van der Waals surface area contributed by atoms with E-state index in [4.69, 9.17) is 4.74 Å². The highest BCUT2D eigenvalue weighted by Crippen LogP contribution is 2.61. The Labute approximate surface area is 297 Å². The number of hydrogen-bond acceptors (Lipinski definition) is 6. The predicted octanol–water partition coefficient (Wildman–Crippen LogP) is 6.54. The maximum Gasteiger partial charge on any atom is 0.238 e. The summed E-state index contributed by atoms with van der Waals surface area (Å²) in [5, 5.41) is 3.32. The molecule has 6 atom stereocenters. The maximum absolute atomic E-state index is 13.7. The van der Waals surface area contributed by atoms with Crippen LogP contribution in [-0.2, 0) is 34.5 Å². The van der Waals surface area contributed by atoms with Gasteiger partial charge in [0.2, 0.25) is 15.9 Å². The molecule has 1 aliphatic heterocycles. The zero-order valence-corrected chi connectivity index (χ0v) is 32.4. The lowest BCUT2D eigenvalue weighted by Gasteiger charge is -2.62. The second kappa shape index (κ2) is 15.0. The Kier molecular flexibility index (Phi) is 11.6. The second-order valence-electron chi connectivity index (χ2n) is 17.2. The number of benzene rings is 2. The minimum atomic E-state index is -3.55. The summed E-state index contributed by atoms with van der Waals surface area (Å²) in [6, 6.07) is 16.3. The van der Waals surface area contributed by atoms with Crippen molar-refractivity contribution in [2.45, 2.75) is 112 Å². The van der Waals surface area contributed by atoms with E-state index in [1.165, 1.54) is 10.7 Å². The molecule has 4 fully saturated rings. The van der Waals surface area contributed by atoms with Crippen molar-refractivity contribution in [2.75, 3.05) is 33.0 Å². The molecule has 9 heteroatoms. The number of nitrogens with zero attached hydrogens (tertiary/aromatic N) is 3. The van der Waals surface area contributed by atoms with Crippen molar-refractivity contribution in [1.29, 1.82) is 0 Å². The molecule has 2 bridgehead atoms. The summed E-state index contributed by atoms with van der Waals surface area (Å²) < 4.78 is 34.3. The number of sulfonamides is 1. The van der Waals surface area contributed by atoms with Crippen LogP contribution >= 0.6 is 0 Å². The third-order valence-corrected chi connectivity index (χ3v) is 13.5. The van der Waals surface area contributed by atoms with Gasteiger partial charge >= 0.3 is 0 Å². The van der Waals surface area contributed by atoms with Crippen molar-refractivity contribution in [2.24, 2.45) is 28.6 Å². The lowest BCUT2D eigenvalue weighted by Crippen LogP contribution is -2.61. The normalized spacial score (nSPS) is 26.8. The number of carbonyl (C=O) groups excluding carboxylic acids is 1. The van der Waals surface area contributed by atoms with Crippen LogP contribution in [0.15, 0.2) is 48.5 Å². The van der Waals surface area contributed by atoms with Gasteiger partial charge in [-0.1, -0.05) is 84.0 Å². The van der Waals surface area contributed by atoms with Gasteiger partial charge in [0.05, 0.1) is 12.4 Å². The van der Waals surface area contributed by atoms with Gasteiger partial charge < -0.3 is 15.0 Å². The first-order valence-corrected chi connectivity index (χ1v) is 20.1. The molecule has 2 aromatic carbocycles. The molecule has 0 aromatic heterocycles. The lowest BCUT2D eigenvalue weighted by atomic mass is 9.45. The summed E-state index contributed by atoms with van der Waals surface area (Å²) in [7, 11) is 0.712. The summed E-state index contributed by atoms with van der Waals surface area (Å²) in [5.74, 6) is 2.41. The fourth-order valence-electron chi connectivity index (χ4n) is 8.95. The van der Waals surface area contributed by atoms with Gasteiger partial charge in [0, 0.05) is 43.8 Å². The van der Waals surface area contributed by atoms with Crippen LogP contribution in [0, 0.1) is 28.6 Å². The summed E-state index contributed by atoms with van der Waals surface area (Å²) in [4.78, 5) is 18.5. The summed E-state index contributed by atoms with van der Waals surface area (Å²) in [6.45, 7) is 19.0. The minimum absolute atomic E-state index is 0.00924. The number of rotatable bonds is 14. The van der Waals surface area contributed by atoms with E-state index in [0.29, 0.717) is 42.7 Å². The number of likely N-dealkylation sites (N-methyl/N-ethyl adjacent to an activating group) is 1. The third-order valence-electron chi connectivity index (χ3n) is 11.6. The Morgan fingerprint density at radius 1 is 1.06 bits per heavy atom. The molecule has 1 heterocycles. The first-order chi connectivity index (χ1) is 23.0. The molecule has 0 radical (unpaired) electrons. The number of fused-ring (bicyclic) bond motifs is 2. The summed E-state index contributed by atoms with van der Waals surface area (Å²) in [6.07, 6.45) is 3.57. The fraction of sp³-hybridized carbons (Fsp3) is 0.675. The van der Waals surface area contributed by atoms with Crippen LogP contribution in [0.1, 0.15) is 90.8 Å². The quantitative estimate of drug-likeness (QED) is 0.242. The Morgan fingerprint density at radius 3 is 2.43 bits per heavy atom. The van der Waals surface area contributed by atoms with Crippen LogP contribution in [0.4, 0.5) is 0 Å². The van der Waals surface area contributed by atoms with Gasteiger partial charge in [-0.3, -0.25) is 9.69 Å². The molecular formula is C40H62N4O4S. The van der Waals surface area contributed by atoms with E-state index in [0.717, 1.165) is 48.4 Å². The highest BCUT2D eigenvalue weighted by Gasteiger charge is 2.56. The van der Waals surface area contributed by atoms with Gasteiger partial charge in [-0.2, -0.15) is 4.31 Å². The molecule has 3 aliphatic carbocycles. The number of nitrogens with one attached hydrogen (secondary N) is 1. The monoisotopic (exact) mass is 694 g/mol. The zero-order valence-electron chi connectivity index (χ0n) is 31.5. The van der Waals surface area contributed by atoms with Crippen LogP contribution in [0.3, 0.4) is 0 Å². The zero-order chi connectivity index (χ0) is 35.7. The molecule has 0 spiro atoms. The number of hydrogen-bond donors (Lipinski definition) is 1. The fourth-order valence-corrected chi connectivity index (χ4v) is 10.6. The SMILES string of the molecule is CCOc1ccccc1CN(Cc1cccc(CN2C(C(=O)N[C@H]3C[C@@H]4C[C@H]([C@@H]3C)C4(C)C)CCS2(=O)=O)c1)[C@H](CN(C)C)CC(C)(C)C. The average molecular weight is 695 g/mol. The van der Waals surface area contributed by atoms with Crippen molar-refractivity contribution in [1.82, 2.24) is 19.4 Å². The Hall–Kier alpha value is -2.46.